The first-order valence-corrected chi connectivity index (χ1v) is 5.85. The molecule has 0 aromatic heterocycles. The molecular formula is C14H17N3. The van der Waals surface area contributed by atoms with Gasteiger partial charge in [0.15, 0.2) is 0 Å². The number of benzene rings is 1. The molecule has 88 valence electrons. The highest BCUT2D eigenvalue weighted by Gasteiger charge is 2.07. The quantitative estimate of drug-likeness (QED) is 0.726. The summed E-state index contributed by atoms with van der Waals surface area (Å²) in [5.74, 6) is 0. The molecule has 1 aromatic rings. The van der Waals surface area contributed by atoms with Crippen molar-refractivity contribution in [1.29, 1.82) is 10.5 Å². The van der Waals surface area contributed by atoms with Gasteiger partial charge in [0, 0.05) is 25.2 Å². The monoisotopic (exact) mass is 227 g/mol. The van der Waals surface area contributed by atoms with Crippen LogP contribution in [0.25, 0.3) is 0 Å². The second kappa shape index (κ2) is 6.55. The molecule has 3 heteroatoms. The van der Waals surface area contributed by atoms with Gasteiger partial charge in [0.25, 0.3) is 0 Å². The van der Waals surface area contributed by atoms with E-state index >= 15 is 0 Å². The molecule has 1 aromatic carbocycles. The number of anilines is 1. The Morgan fingerprint density at radius 1 is 1.29 bits per heavy atom. The molecule has 1 rings (SSSR count). The maximum absolute atomic E-state index is 8.82. The van der Waals surface area contributed by atoms with Gasteiger partial charge in [-0.05, 0) is 44.0 Å². The van der Waals surface area contributed by atoms with Crippen molar-refractivity contribution in [3.05, 3.63) is 29.3 Å². The first kappa shape index (κ1) is 13.1. The van der Waals surface area contributed by atoms with Crippen molar-refractivity contribution >= 4 is 5.69 Å². The van der Waals surface area contributed by atoms with Crippen molar-refractivity contribution in [1.82, 2.24) is 0 Å². The zero-order valence-electron chi connectivity index (χ0n) is 10.4. The molecule has 0 aliphatic carbocycles. The molecule has 0 fully saturated rings. The van der Waals surface area contributed by atoms with Gasteiger partial charge in [0.2, 0.25) is 0 Å². The van der Waals surface area contributed by atoms with Gasteiger partial charge in [-0.2, -0.15) is 10.5 Å². The number of unbranched alkanes of at least 4 members (excludes halogenated alkanes) is 1. The zero-order chi connectivity index (χ0) is 12.7. The molecule has 0 radical (unpaired) electrons. The summed E-state index contributed by atoms with van der Waals surface area (Å²) in [5.41, 5.74) is 2.96. The van der Waals surface area contributed by atoms with E-state index in [9.17, 15) is 0 Å². The van der Waals surface area contributed by atoms with Crippen LogP contribution in [-0.4, -0.2) is 13.1 Å². The lowest BCUT2D eigenvalue weighted by Crippen LogP contribution is -2.24. The molecule has 0 spiro atoms. The third kappa shape index (κ3) is 3.50. The van der Waals surface area contributed by atoms with Crippen LogP contribution in [0.4, 0.5) is 5.69 Å². The lowest BCUT2D eigenvalue weighted by atomic mass is 10.1. The van der Waals surface area contributed by atoms with Gasteiger partial charge < -0.3 is 4.90 Å². The lowest BCUT2D eigenvalue weighted by molar-refractivity contribution is 0.759. The third-order valence-electron chi connectivity index (χ3n) is 2.76. The van der Waals surface area contributed by atoms with Crippen LogP contribution in [-0.2, 0) is 0 Å². The summed E-state index contributed by atoms with van der Waals surface area (Å²) in [6.45, 7) is 5.92. The van der Waals surface area contributed by atoms with Crippen molar-refractivity contribution in [3.63, 3.8) is 0 Å². The normalized spacial score (nSPS) is 9.41. The van der Waals surface area contributed by atoms with Gasteiger partial charge >= 0.3 is 0 Å². The summed E-state index contributed by atoms with van der Waals surface area (Å²) in [6.07, 6.45) is 1.47. The summed E-state index contributed by atoms with van der Waals surface area (Å²) >= 11 is 0. The summed E-state index contributed by atoms with van der Waals surface area (Å²) in [4.78, 5) is 2.24. The maximum atomic E-state index is 8.82. The van der Waals surface area contributed by atoms with Crippen LogP contribution < -0.4 is 4.90 Å². The molecular weight excluding hydrogens is 210 g/mol. The predicted molar refractivity (Wildman–Crippen MR) is 68.6 cm³/mol. The van der Waals surface area contributed by atoms with E-state index in [2.05, 4.69) is 24.0 Å². The molecule has 0 atom stereocenters. The van der Waals surface area contributed by atoms with E-state index in [0.29, 0.717) is 12.0 Å². The standard InChI is InChI=1S/C14H17N3/c1-3-17(9-5-4-8-15)14-7-6-13(11-16)10-12(14)2/h6-7,10H,3-5,9H2,1-2H3. The van der Waals surface area contributed by atoms with Gasteiger partial charge in [0.1, 0.15) is 0 Å². The fourth-order valence-electron chi connectivity index (χ4n) is 1.88. The summed E-state index contributed by atoms with van der Waals surface area (Å²) < 4.78 is 0. The van der Waals surface area contributed by atoms with E-state index < -0.39 is 0 Å². The average molecular weight is 227 g/mol. The highest BCUT2D eigenvalue weighted by Crippen LogP contribution is 2.21. The van der Waals surface area contributed by atoms with E-state index in [1.54, 1.807) is 0 Å². The number of hydrogen-bond acceptors (Lipinski definition) is 3. The highest BCUT2D eigenvalue weighted by molar-refractivity contribution is 5.56. The number of nitriles is 2. The van der Waals surface area contributed by atoms with E-state index in [1.165, 1.54) is 0 Å². The Morgan fingerprint density at radius 2 is 2.06 bits per heavy atom. The average Bonchev–Trinajstić information content (AvgIpc) is 2.35. The molecule has 0 aliphatic rings. The maximum Gasteiger partial charge on any atom is 0.0991 e. The molecule has 0 heterocycles. The van der Waals surface area contributed by atoms with Crippen molar-refractivity contribution < 1.29 is 0 Å². The number of nitrogens with zero attached hydrogens (tertiary/aromatic N) is 3. The summed E-state index contributed by atoms with van der Waals surface area (Å²) in [7, 11) is 0. The van der Waals surface area contributed by atoms with Crippen molar-refractivity contribution in [2.45, 2.75) is 26.7 Å². The minimum atomic E-state index is 0.589. The Hall–Kier alpha value is -2.00. The third-order valence-corrected chi connectivity index (χ3v) is 2.76. The van der Waals surface area contributed by atoms with Gasteiger partial charge in [-0.15, -0.1) is 0 Å². The highest BCUT2D eigenvalue weighted by atomic mass is 15.1. The summed E-state index contributed by atoms with van der Waals surface area (Å²) in [5, 5.41) is 17.4. The molecule has 0 amide bonds. The van der Waals surface area contributed by atoms with E-state index in [-0.39, 0.29) is 0 Å². The van der Waals surface area contributed by atoms with Crippen molar-refractivity contribution in [2.75, 3.05) is 18.0 Å². The molecule has 0 saturated heterocycles. The van der Waals surface area contributed by atoms with Crippen LogP contribution in [0.15, 0.2) is 18.2 Å². The number of rotatable bonds is 5. The Bertz CT molecular complexity index is 452. The van der Waals surface area contributed by atoms with Crippen LogP contribution in [0.1, 0.15) is 30.9 Å². The molecule has 0 N–H and O–H groups in total. The van der Waals surface area contributed by atoms with Crippen LogP contribution in [0.3, 0.4) is 0 Å². The number of aryl methyl sites for hydroxylation is 1. The van der Waals surface area contributed by atoms with Crippen LogP contribution in [0, 0.1) is 29.6 Å². The predicted octanol–water partition coefficient (Wildman–Crippen LogP) is 3.00. The van der Waals surface area contributed by atoms with Crippen molar-refractivity contribution in [3.8, 4) is 12.1 Å². The minimum Gasteiger partial charge on any atom is -0.372 e. The SMILES string of the molecule is CCN(CCCC#N)c1ccc(C#N)cc1C. The van der Waals surface area contributed by atoms with Crippen LogP contribution in [0.2, 0.25) is 0 Å². The Morgan fingerprint density at radius 3 is 2.59 bits per heavy atom. The summed E-state index contributed by atoms with van der Waals surface area (Å²) in [6, 6.07) is 10.0. The molecule has 0 bridgehead atoms. The molecule has 0 aliphatic heterocycles. The fraction of sp³-hybridized carbons (Fsp3) is 0.429. The Balaban J connectivity index is 2.82. The second-order valence-electron chi connectivity index (χ2n) is 3.95. The second-order valence-corrected chi connectivity index (χ2v) is 3.95. The molecule has 3 nitrogen and oxygen atoms in total. The van der Waals surface area contributed by atoms with Gasteiger partial charge in [-0.1, -0.05) is 0 Å². The Kier molecular flexibility index (Phi) is 5.04. The fourth-order valence-corrected chi connectivity index (χ4v) is 1.88. The number of hydrogen-bond donors (Lipinski definition) is 0. The first-order chi connectivity index (χ1) is 8.22. The van der Waals surface area contributed by atoms with Gasteiger partial charge in [-0.25, -0.2) is 0 Å². The smallest absolute Gasteiger partial charge is 0.0991 e. The van der Waals surface area contributed by atoms with E-state index in [0.717, 1.165) is 30.8 Å². The van der Waals surface area contributed by atoms with Gasteiger partial charge in [0.05, 0.1) is 17.7 Å². The molecule has 0 unspecified atom stereocenters. The van der Waals surface area contributed by atoms with E-state index in [1.807, 2.05) is 25.1 Å². The zero-order valence-corrected chi connectivity index (χ0v) is 10.4. The first-order valence-electron chi connectivity index (χ1n) is 5.85. The topological polar surface area (TPSA) is 50.8 Å². The molecule has 17 heavy (non-hydrogen) atoms. The minimum absolute atomic E-state index is 0.589. The van der Waals surface area contributed by atoms with Gasteiger partial charge in [-0.3, -0.25) is 0 Å². The van der Waals surface area contributed by atoms with Crippen molar-refractivity contribution in [2.24, 2.45) is 0 Å². The Labute approximate surface area is 103 Å². The molecule has 0 saturated carbocycles. The van der Waals surface area contributed by atoms with Crippen LogP contribution in [0.5, 0.6) is 0 Å². The lowest BCUT2D eigenvalue weighted by Gasteiger charge is -2.24. The van der Waals surface area contributed by atoms with Crippen LogP contribution >= 0.6 is 0 Å². The largest absolute Gasteiger partial charge is 0.372 e. The van der Waals surface area contributed by atoms with E-state index in [4.69, 9.17) is 10.5 Å².